The first-order valence-electron chi connectivity index (χ1n) is 7.88. The van der Waals surface area contributed by atoms with Gasteiger partial charge in [0.25, 0.3) is 5.91 Å². The molecular formula is C18H21FN2O3S. The number of aromatic nitrogens is 1. The van der Waals surface area contributed by atoms with Crippen molar-refractivity contribution in [3.63, 3.8) is 0 Å². The number of thioether (sulfide) groups is 1. The second-order valence-corrected chi connectivity index (χ2v) is 6.70. The second kappa shape index (κ2) is 8.71. The van der Waals surface area contributed by atoms with Gasteiger partial charge in [-0.05, 0) is 55.9 Å². The first kappa shape index (κ1) is 19.1. The number of halogens is 1. The Morgan fingerprint density at radius 2 is 1.92 bits per heavy atom. The highest BCUT2D eigenvalue weighted by molar-refractivity contribution is 7.99. The van der Waals surface area contributed by atoms with Crippen LogP contribution >= 0.6 is 11.8 Å². The molecule has 0 fully saturated rings. The smallest absolute Gasteiger partial charge is 0.339 e. The number of hydrogen-bond donors (Lipinski definition) is 2. The Hall–Kier alpha value is -2.28. The Balaban J connectivity index is 1.82. The summed E-state index contributed by atoms with van der Waals surface area (Å²) in [5.74, 6) is -0.148. The molecule has 0 bridgehead atoms. The van der Waals surface area contributed by atoms with Crippen LogP contribution in [0.2, 0.25) is 0 Å². The predicted octanol–water partition coefficient (Wildman–Crippen LogP) is 3.47. The molecule has 0 radical (unpaired) electrons. The molecule has 1 amide bonds. The molecule has 25 heavy (non-hydrogen) atoms. The van der Waals surface area contributed by atoms with Crippen molar-refractivity contribution in [3.05, 3.63) is 52.6 Å². The quantitative estimate of drug-likeness (QED) is 0.448. The van der Waals surface area contributed by atoms with E-state index in [9.17, 15) is 14.0 Å². The summed E-state index contributed by atoms with van der Waals surface area (Å²) < 4.78 is 17.6. The molecule has 0 unspecified atom stereocenters. The minimum atomic E-state index is -0.457. The number of amides is 1. The molecule has 5 nitrogen and oxygen atoms in total. The number of H-pyrrole nitrogens is 1. The number of rotatable bonds is 7. The van der Waals surface area contributed by atoms with E-state index in [1.807, 2.05) is 0 Å². The van der Waals surface area contributed by atoms with E-state index in [0.29, 0.717) is 29.1 Å². The molecule has 0 spiro atoms. The first-order chi connectivity index (χ1) is 11.9. The number of methoxy groups -OCH3 is 1. The van der Waals surface area contributed by atoms with Crippen molar-refractivity contribution in [3.8, 4) is 0 Å². The van der Waals surface area contributed by atoms with Crippen LogP contribution in [-0.4, -0.2) is 36.3 Å². The SMILES string of the molecule is COC(=O)c1c(C)[nH]c(C(=O)NCCCSc2ccc(F)cc2)c1C. The molecule has 0 aliphatic rings. The van der Waals surface area contributed by atoms with Crippen LogP contribution in [-0.2, 0) is 4.74 Å². The molecule has 134 valence electrons. The normalized spacial score (nSPS) is 10.6. The van der Waals surface area contributed by atoms with Gasteiger partial charge in [0, 0.05) is 17.1 Å². The molecule has 1 heterocycles. The summed E-state index contributed by atoms with van der Waals surface area (Å²) in [6, 6.07) is 6.33. The van der Waals surface area contributed by atoms with Gasteiger partial charge in [-0.3, -0.25) is 4.79 Å². The zero-order chi connectivity index (χ0) is 18.4. The maximum atomic E-state index is 12.8. The molecule has 2 rings (SSSR count). The Morgan fingerprint density at radius 3 is 2.56 bits per heavy atom. The third-order valence-electron chi connectivity index (χ3n) is 3.74. The van der Waals surface area contributed by atoms with E-state index in [4.69, 9.17) is 4.74 Å². The van der Waals surface area contributed by atoms with E-state index in [2.05, 4.69) is 10.3 Å². The highest BCUT2D eigenvalue weighted by Gasteiger charge is 2.22. The van der Waals surface area contributed by atoms with Gasteiger partial charge in [0.05, 0.1) is 12.7 Å². The summed E-state index contributed by atoms with van der Waals surface area (Å²) in [7, 11) is 1.31. The van der Waals surface area contributed by atoms with Crippen molar-refractivity contribution in [1.82, 2.24) is 10.3 Å². The second-order valence-electron chi connectivity index (χ2n) is 5.53. The van der Waals surface area contributed by atoms with Crippen LogP contribution in [0, 0.1) is 19.7 Å². The molecule has 0 atom stereocenters. The third kappa shape index (κ3) is 4.85. The Labute approximate surface area is 150 Å². The minimum absolute atomic E-state index is 0.248. The number of hydrogen-bond acceptors (Lipinski definition) is 4. The fourth-order valence-corrected chi connectivity index (χ4v) is 3.32. The number of esters is 1. The van der Waals surface area contributed by atoms with Crippen molar-refractivity contribution in [2.24, 2.45) is 0 Å². The average Bonchev–Trinajstić information content (AvgIpc) is 2.90. The van der Waals surface area contributed by atoms with Crippen LogP contribution in [0.4, 0.5) is 4.39 Å². The minimum Gasteiger partial charge on any atom is -0.465 e. The molecule has 2 aromatic rings. The van der Waals surface area contributed by atoms with Gasteiger partial charge < -0.3 is 15.0 Å². The van der Waals surface area contributed by atoms with Gasteiger partial charge in [-0.2, -0.15) is 0 Å². The van der Waals surface area contributed by atoms with Crippen LogP contribution in [0.5, 0.6) is 0 Å². The molecule has 0 saturated carbocycles. The molecule has 0 aliphatic carbocycles. The van der Waals surface area contributed by atoms with Crippen molar-refractivity contribution >= 4 is 23.6 Å². The Kier molecular flexibility index (Phi) is 6.64. The van der Waals surface area contributed by atoms with Gasteiger partial charge in [0.1, 0.15) is 11.5 Å². The third-order valence-corrected chi connectivity index (χ3v) is 4.84. The zero-order valence-corrected chi connectivity index (χ0v) is 15.3. The lowest BCUT2D eigenvalue weighted by Gasteiger charge is -2.05. The Bertz CT molecular complexity index is 756. The van der Waals surface area contributed by atoms with Crippen LogP contribution < -0.4 is 5.32 Å². The Morgan fingerprint density at radius 1 is 1.24 bits per heavy atom. The van der Waals surface area contributed by atoms with Crippen LogP contribution in [0.25, 0.3) is 0 Å². The van der Waals surface area contributed by atoms with Gasteiger partial charge >= 0.3 is 5.97 Å². The number of carbonyl (C=O) groups is 2. The fraction of sp³-hybridized carbons (Fsp3) is 0.333. The van der Waals surface area contributed by atoms with Crippen molar-refractivity contribution < 1.29 is 18.7 Å². The summed E-state index contributed by atoms with van der Waals surface area (Å²) in [4.78, 5) is 28.0. The number of ether oxygens (including phenoxy) is 1. The van der Waals surface area contributed by atoms with E-state index < -0.39 is 5.97 Å². The van der Waals surface area contributed by atoms with E-state index in [-0.39, 0.29) is 11.7 Å². The summed E-state index contributed by atoms with van der Waals surface area (Å²) >= 11 is 1.61. The van der Waals surface area contributed by atoms with Crippen molar-refractivity contribution in [1.29, 1.82) is 0 Å². The van der Waals surface area contributed by atoms with Gasteiger partial charge in [0.2, 0.25) is 0 Å². The molecule has 0 aliphatic heterocycles. The van der Waals surface area contributed by atoms with E-state index in [1.165, 1.54) is 19.2 Å². The van der Waals surface area contributed by atoms with E-state index in [1.54, 1.807) is 37.7 Å². The molecule has 1 aromatic carbocycles. The maximum Gasteiger partial charge on any atom is 0.339 e. The molecule has 0 saturated heterocycles. The largest absolute Gasteiger partial charge is 0.465 e. The van der Waals surface area contributed by atoms with Crippen molar-refractivity contribution in [2.75, 3.05) is 19.4 Å². The van der Waals surface area contributed by atoms with Crippen LogP contribution in [0.3, 0.4) is 0 Å². The topological polar surface area (TPSA) is 71.2 Å². The standard InChI is InChI=1S/C18H21FN2O3S/c1-11-15(18(23)24-3)12(2)21-16(11)17(22)20-9-4-10-25-14-7-5-13(19)6-8-14/h5-8,21H,4,9-10H2,1-3H3,(H,20,22). The predicted molar refractivity (Wildman–Crippen MR) is 95.7 cm³/mol. The highest BCUT2D eigenvalue weighted by atomic mass is 32.2. The van der Waals surface area contributed by atoms with E-state index in [0.717, 1.165) is 17.1 Å². The molecule has 2 N–H and O–H groups in total. The first-order valence-corrected chi connectivity index (χ1v) is 8.86. The molecule has 7 heteroatoms. The number of nitrogens with one attached hydrogen (secondary N) is 2. The lowest BCUT2D eigenvalue weighted by Crippen LogP contribution is -2.25. The lowest BCUT2D eigenvalue weighted by molar-refractivity contribution is 0.0599. The van der Waals surface area contributed by atoms with Crippen molar-refractivity contribution in [2.45, 2.75) is 25.2 Å². The van der Waals surface area contributed by atoms with Crippen LogP contribution in [0.1, 0.15) is 38.5 Å². The number of benzene rings is 1. The number of aromatic amines is 1. The summed E-state index contributed by atoms with van der Waals surface area (Å²) in [5.41, 5.74) is 1.98. The molecular weight excluding hydrogens is 343 g/mol. The highest BCUT2D eigenvalue weighted by Crippen LogP contribution is 2.20. The van der Waals surface area contributed by atoms with E-state index >= 15 is 0 Å². The summed E-state index contributed by atoms with van der Waals surface area (Å²) in [5, 5.41) is 2.84. The van der Waals surface area contributed by atoms with Gasteiger partial charge in [0.15, 0.2) is 0 Å². The number of aryl methyl sites for hydroxylation is 1. The zero-order valence-electron chi connectivity index (χ0n) is 14.4. The average molecular weight is 364 g/mol. The van der Waals surface area contributed by atoms with Gasteiger partial charge in [-0.25, -0.2) is 9.18 Å². The number of carbonyl (C=O) groups excluding carboxylic acids is 2. The lowest BCUT2D eigenvalue weighted by atomic mass is 10.1. The molecule has 1 aromatic heterocycles. The fourth-order valence-electron chi connectivity index (χ4n) is 2.47. The van der Waals surface area contributed by atoms with Gasteiger partial charge in [-0.15, -0.1) is 11.8 Å². The van der Waals surface area contributed by atoms with Gasteiger partial charge in [-0.1, -0.05) is 0 Å². The summed E-state index contributed by atoms with van der Waals surface area (Å²) in [6.07, 6.45) is 0.774. The maximum absolute atomic E-state index is 12.8. The monoisotopic (exact) mass is 364 g/mol. The summed E-state index contributed by atoms with van der Waals surface area (Å²) in [6.45, 7) is 3.96. The van der Waals surface area contributed by atoms with Crippen LogP contribution in [0.15, 0.2) is 29.2 Å².